The highest BCUT2D eigenvalue weighted by molar-refractivity contribution is 5.92. The number of hydrogen-bond donors (Lipinski definition) is 1. The van der Waals surface area contributed by atoms with Crippen LogP contribution in [0, 0.1) is 18.6 Å². The largest absolute Gasteiger partial charge is 0.326 e. The zero-order chi connectivity index (χ0) is 21.3. The van der Waals surface area contributed by atoms with Crippen LogP contribution in [-0.2, 0) is 11.2 Å². The maximum atomic E-state index is 13.6. The Bertz CT molecular complexity index is 1300. The third-order valence-electron chi connectivity index (χ3n) is 4.60. The van der Waals surface area contributed by atoms with Crippen LogP contribution < -0.4 is 10.9 Å². The second kappa shape index (κ2) is 7.82. The number of aromatic nitrogens is 3. The molecule has 4 aromatic rings. The number of nitrogens with one attached hydrogen (secondary N) is 1. The highest BCUT2D eigenvalue weighted by atomic mass is 19.2. The van der Waals surface area contributed by atoms with E-state index in [0.29, 0.717) is 17.2 Å². The molecule has 1 amide bonds. The summed E-state index contributed by atoms with van der Waals surface area (Å²) in [6.07, 6.45) is 3.45. The maximum absolute atomic E-state index is 13.6. The minimum Gasteiger partial charge on any atom is -0.326 e. The summed E-state index contributed by atoms with van der Waals surface area (Å²) in [7, 11) is 0. The predicted octanol–water partition coefficient (Wildman–Crippen LogP) is 3.55. The number of anilines is 1. The Morgan fingerprint density at radius 3 is 2.40 bits per heavy atom. The van der Waals surface area contributed by atoms with E-state index in [9.17, 15) is 18.4 Å². The Morgan fingerprint density at radius 2 is 1.70 bits per heavy atom. The highest BCUT2D eigenvalue weighted by Gasteiger charge is 2.14. The molecule has 0 spiro atoms. The van der Waals surface area contributed by atoms with E-state index in [2.05, 4.69) is 15.3 Å². The van der Waals surface area contributed by atoms with Gasteiger partial charge in [0.05, 0.1) is 23.0 Å². The van der Waals surface area contributed by atoms with Crippen LogP contribution in [0.5, 0.6) is 0 Å². The Labute approximate surface area is 169 Å². The van der Waals surface area contributed by atoms with Gasteiger partial charge in [0, 0.05) is 24.1 Å². The first-order chi connectivity index (χ1) is 14.4. The van der Waals surface area contributed by atoms with Gasteiger partial charge < -0.3 is 5.32 Å². The van der Waals surface area contributed by atoms with E-state index in [1.807, 2.05) is 0 Å². The zero-order valence-electron chi connectivity index (χ0n) is 15.9. The first-order valence-electron chi connectivity index (χ1n) is 9.10. The molecule has 2 heterocycles. The number of benzene rings is 2. The van der Waals surface area contributed by atoms with Crippen molar-refractivity contribution in [1.82, 2.24) is 14.5 Å². The summed E-state index contributed by atoms with van der Waals surface area (Å²) in [4.78, 5) is 33.2. The molecular formula is C22H16F2N4O2. The quantitative estimate of drug-likeness (QED) is 0.562. The predicted molar refractivity (Wildman–Crippen MR) is 109 cm³/mol. The summed E-state index contributed by atoms with van der Waals surface area (Å²) in [5, 5.41) is 2.77. The van der Waals surface area contributed by atoms with E-state index in [0.717, 1.165) is 17.7 Å². The van der Waals surface area contributed by atoms with Crippen LogP contribution in [-0.4, -0.2) is 20.4 Å². The Balaban J connectivity index is 1.61. The third-order valence-corrected chi connectivity index (χ3v) is 4.60. The van der Waals surface area contributed by atoms with Gasteiger partial charge in [0.15, 0.2) is 11.6 Å². The summed E-state index contributed by atoms with van der Waals surface area (Å²) in [5.41, 5.74) is 1.47. The number of carbonyl (C=O) groups excluding carboxylic acids is 1. The molecule has 0 atom stereocenters. The molecule has 0 saturated heterocycles. The lowest BCUT2D eigenvalue weighted by atomic mass is 10.2. The average molecular weight is 406 g/mol. The van der Waals surface area contributed by atoms with Gasteiger partial charge in [0.2, 0.25) is 5.91 Å². The summed E-state index contributed by atoms with van der Waals surface area (Å²) < 4.78 is 28.4. The number of halogens is 2. The number of fused-ring (bicyclic) bond motifs is 1. The second-order valence-corrected chi connectivity index (χ2v) is 6.71. The molecule has 2 aromatic heterocycles. The van der Waals surface area contributed by atoms with Crippen molar-refractivity contribution in [2.24, 2.45) is 0 Å². The smallest absolute Gasteiger partial charge is 0.266 e. The van der Waals surface area contributed by atoms with Crippen LogP contribution in [0.2, 0.25) is 0 Å². The molecule has 1 N–H and O–H groups in total. The van der Waals surface area contributed by atoms with Crippen molar-refractivity contribution in [2.75, 3.05) is 5.32 Å². The third kappa shape index (κ3) is 3.80. The van der Waals surface area contributed by atoms with Crippen molar-refractivity contribution >= 4 is 22.5 Å². The van der Waals surface area contributed by atoms with Gasteiger partial charge in [0.1, 0.15) is 5.82 Å². The molecule has 0 aliphatic heterocycles. The fraction of sp³-hybridized carbons (Fsp3) is 0.0909. The molecule has 0 aliphatic carbocycles. The monoisotopic (exact) mass is 406 g/mol. The van der Waals surface area contributed by atoms with Crippen LogP contribution in [0.3, 0.4) is 0 Å². The van der Waals surface area contributed by atoms with Gasteiger partial charge in [-0.3, -0.25) is 19.1 Å². The topological polar surface area (TPSA) is 76.9 Å². The molecule has 0 aliphatic rings. The van der Waals surface area contributed by atoms with Crippen LogP contribution in [0.25, 0.3) is 16.6 Å². The number of aryl methyl sites for hydroxylation is 1. The second-order valence-electron chi connectivity index (χ2n) is 6.71. The molecule has 6 nitrogen and oxygen atoms in total. The van der Waals surface area contributed by atoms with Crippen LogP contribution >= 0.6 is 0 Å². The summed E-state index contributed by atoms with van der Waals surface area (Å²) in [6, 6.07) is 11.9. The van der Waals surface area contributed by atoms with Crippen LogP contribution in [0.15, 0.2) is 65.7 Å². The van der Waals surface area contributed by atoms with Crippen molar-refractivity contribution in [3.05, 3.63) is 94.3 Å². The zero-order valence-corrected chi connectivity index (χ0v) is 15.9. The molecule has 150 valence electrons. The van der Waals surface area contributed by atoms with E-state index in [4.69, 9.17) is 0 Å². The highest BCUT2D eigenvalue weighted by Crippen LogP contribution is 2.18. The van der Waals surface area contributed by atoms with Gasteiger partial charge in [-0.1, -0.05) is 0 Å². The number of pyridine rings is 1. The van der Waals surface area contributed by atoms with Crippen LogP contribution in [0.1, 0.15) is 11.4 Å². The lowest BCUT2D eigenvalue weighted by Gasteiger charge is -2.12. The van der Waals surface area contributed by atoms with Crippen molar-refractivity contribution in [3.8, 4) is 5.69 Å². The molecule has 0 saturated carbocycles. The number of rotatable bonds is 4. The maximum Gasteiger partial charge on any atom is 0.266 e. The van der Waals surface area contributed by atoms with Gasteiger partial charge in [-0.15, -0.1) is 0 Å². The Hall–Kier alpha value is -3.94. The Morgan fingerprint density at radius 1 is 1.03 bits per heavy atom. The minimum atomic E-state index is -1.11. The first kappa shape index (κ1) is 19.4. The fourth-order valence-electron chi connectivity index (χ4n) is 3.18. The van der Waals surface area contributed by atoms with Gasteiger partial charge in [-0.05, 0) is 55.0 Å². The first-order valence-corrected chi connectivity index (χ1v) is 9.10. The lowest BCUT2D eigenvalue weighted by molar-refractivity contribution is -0.115. The standard InChI is InChI=1S/C22H16F2N4O2/c1-13-26-20-12-19(24)18(23)11-17(20)22(30)28(13)16-4-2-15(3-5-16)27-21(29)10-14-6-8-25-9-7-14/h2-9,11-12H,10H2,1H3,(H,27,29). The lowest BCUT2D eigenvalue weighted by Crippen LogP contribution is -2.22. The van der Waals surface area contributed by atoms with Gasteiger partial charge >= 0.3 is 0 Å². The number of hydrogen-bond acceptors (Lipinski definition) is 4. The van der Waals surface area contributed by atoms with E-state index in [-0.39, 0.29) is 23.2 Å². The normalized spacial score (nSPS) is 10.9. The van der Waals surface area contributed by atoms with Gasteiger partial charge in [-0.25, -0.2) is 13.8 Å². The fourth-order valence-corrected chi connectivity index (χ4v) is 3.18. The average Bonchev–Trinajstić information content (AvgIpc) is 2.72. The van der Waals surface area contributed by atoms with Gasteiger partial charge in [0.25, 0.3) is 5.56 Å². The van der Waals surface area contributed by atoms with E-state index >= 15 is 0 Å². The number of amides is 1. The summed E-state index contributed by atoms with van der Waals surface area (Å²) >= 11 is 0. The molecule has 8 heteroatoms. The Kier molecular flexibility index (Phi) is 5.05. The van der Waals surface area contributed by atoms with E-state index in [1.54, 1.807) is 55.7 Å². The van der Waals surface area contributed by atoms with Crippen molar-refractivity contribution in [2.45, 2.75) is 13.3 Å². The van der Waals surface area contributed by atoms with E-state index < -0.39 is 17.2 Å². The summed E-state index contributed by atoms with van der Waals surface area (Å²) in [6.45, 7) is 1.60. The molecule has 0 radical (unpaired) electrons. The molecule has 0 unspecified atom stereocenters. The van der Waals surface area contributed by atoms with Crippen molar-refractivity contribution in [3.63, 3.8) is 0 Å². The van der Waals surface area contributed by atoms with Crippen molar-refractivity contribution < 1.29 is 13.6 Å². The molecular weight excluding hydrogens is 390 g/mol. The molecule has 0 bridgehead atoms. The van der Waals surface area contributed by atoms with Crippen molar-refractivity contribution in [1.29, 1.82) is 0 Å². The molecule has 0 fully saturated rings. The minimum absolute atomic E-state index is 0.0192. The van der Waals surface area contributed by atoms with Crippen LogP contribution in [0.4, 0.5) is 14.5 Å². The number of carbonyl (C=O) groups is 1. The summed E-state index contributed by atoms with van der Waals surface area (Å²) in [5.74, 6) is -2.03. The van der Waals surface area contributed by atoms with Gasteiger partial charge in [-0.2, -0.15) is 0 Å². The molecule has 30 heavy (non-hydrogen) atoms. The van der Waals surface area contributed by atoms with E-state index in [1.165, 1.54) is 4.57 Å². The number of nitrogens with zero attached hydrogens (tertiary/aromatic N) is 3. The molecule has 4 rings (SSSR count). The SMILES string of the molecule is Cc1nc2cc(F)c(F)cc2c(=O)n1-c1ccc(NC(=O)Cc2ccncc2)cc1. The molecule has 2 aromatic carbocycles.